The lowest BCUT2D eigenvalue weighted by molar-refractivity contribution is -0.141. The van der Waals surface area contributed by atoms with Crippen LogP contribution >= 0.6 is 0 Å². The molecule has 1 saturated carbocycles. The van der Waals surface area contributed by atoms with Crippen LogP contribution in [0.4, 0.5) is 18.9 Å². The number of aromatic nitrogens is 2. The second-order valence-electron chi connectivity index (χ2n) is 8.15. The summed E-state index contributed by atoms with van der Waals surface area (Å²) >= 11 is 0. The Kier molecular flexibility index (Phi) is 4.29. The molecule has 1 N–H and O–H groups in total. The summed E-state index contributed by atoms with van der Waals surface area (Å²) in [5.74, 6) is -0.0884. The predicted octanol–water partition coefficient (Wildman–Crippen LogP) is 3.51. The molecule has 30 heavy (non-hydrogen) atoms. The third-order valence-electron chi connectivity index (χ3n) is 6.60. The third kappa shape index (κ3) is 2.94. The Morgan fingerprint density at radius 2 is 1.93 bits per heavy atom. The number of carbonyl (C=O) groups excluding carboxylic acids is 1. The molecule has 9 heteroatoms. The molecule has 2 bridgehead atoms. The molecule has 2 saturated heterocycles. The first-order valence-electron chi connectivity index (χ1n) is 9.80. The predicted molar refractivity (Wildman–Crippen MR) is 99.7 cm³/mol. The molecule has 0 radical (unpaired) electrons. The van der Waals surface area contributed by atoms with E-state index >= 15 is 0 Å². The number of ether oxygens (including phenoxy) is 2. The van der Waals surface area contributed by atoms with Crippen LogP contribution in [0, 0.1) is 23.7 Å². The number of carbonyl (C=O) groups is 1. The van der Waals surface area contributed by atoms with Gasteiger partial charge in [-0.05, 0) is 36.0 Å². The first-order valence-corrected chi connectivity index (χ1v) is 9.80. The van der Waals surface area contributed by atoms with Crippen molar-refractivity contribution in [1.29, 1.82) is 0 Å². The highest BCUT2D eigenvalue weighted by Gasteiger charge is 2.72. The minimum Gasteiger partial charge on any atom is -0.481 e. The smallest absolute Gasteiger partial charge is 0.433 e. The van der Waals surface area contributed by atoms with Gasteiger partial charge in [0.05, 0.1) is 37.1 Å². The van der Waals surface area contributed by atoms with Crippen LogP contribution in [-0.2, 0) is 15.7 Å². The van der Waals surface area contributed by atoms with Gasteiger partial charge in [0.25, 0.3) is 0 Å². The monoisotopic (exact) mass is 419 g/mol. The highest BCUT2D eigenvalue weighted by molar-refractivity contribution is 5.94. The minimum atomic E-state index is -4.55. The number of amides is 1. The Morgan fingerprint density at radius 3 is 2.60 bits per heavy atom. The van der Waals surface area contributed by atoms with Gasteiger partial charge in [0.2, 0.25) is 11.8 Å². The zero-order valence-corrected chi connectivity index (χ0v) is 16.3. The number of alkyl halides is 3. The Labute approximate surface area is 170 Å². The van der Waals surface area contributed by atoms with Gasteiger partial charge in [0.15, 0.2) is 0 Å². The van der Waals surface area contributed by atoms with E-state index in [-0.39, 0.29) is 35.6 Å². The van der Waals surface area contributed by atoms with Crippen molar-refractivity contribution in [2.75, 3.05) is 12.4 Å². The summed E-state index contributed by atoms with van der Waals surface area (Å²) in [7, 11) is 1.49. The Morgan fingerprint density at radius 1 is 1.17 bits per heavy atom. The second-order valence-corrected chi connectivity index (χ2v) is 8.15. The van der Waals surface area contributed by atoms with Gasteiger partial charge in [-0.25, -0.2) is 9.97 Å². The van der Waals surface area contributed by atoms with E-state index in [1.807, 2.05) is 0 Å². The molecule has 2 aromatic heterocycles. The van der Waals surface area contributed by atoms with Gasteiger partial charge in [-0.2, -0.15) is 13.2 Å². The van der Waals surface area contributed by atoms with Crippen molar-refractivity contribution in [2.45, 2.75) is 31.2 Å². The van der Waals surface area contributed by atoms with Gasteiger partial charge >= 0.3 is 6.18 Å². The molecular weight excluding hydrogens is 399 g/mol. The maximum atomic E-state index is 13.2. The molecule has 7 atom stereocenters. The highest BCUT2D eigenvalue weighted by atomic mass is 19.4. The zero-order valence-electron chi connectivity index (χ0n) is 16.3. The number of hydrogen-bond donors (Lipinski definition) is 1. The van der Waals surface area contributed by atoms with Crippen LogP contribution in [0.15, 0.2) is 36.5 Å². The summed E-state index contributed by atoms with van der Waals surface area (Å²) in [6.07, 6.45) is -3.68. The van der Waals surface area contributed by atoms with Crippen molar-refractivity contribution in [3.8, 4) is 5.88 Å². The van der Waals surface area contributed by atoms with Crippen LogP contribution in [0.1, 0.15) is 24.2 Å². The number of halogens is 3. The van der Waals surface area contributed by atoms with Crippen molar-refractivity contribution in [1.82, 2.24) is 9.97 Å². The number of anilines is 1. The fourth-order valence-corrected chi connectivity index (χ4v) is 5.24. The maximum absolute atomic E-state index is 13.2. The molecule has 2 aliphatic heterocycles. The SMILES string of the molecule is COc1ccc(NC(=O)[C@@H]2[C@@H](c3cccc(C(F)(F)F)n3)[C@H]3O[C@@H]2C2C3[C@H]2C)cn1. The number of fused-ring (bicyclic) bond motifs is 5. The molecule has 5 rings (SSSR count). The van der Waals surface area contributed by atoms with Gasteiger partial charge in [-0.3, -0.25) is 4.79 Å². The van der Waals surface area contributed by atoms with Crippen molar-refractivity contribution in [3.05, 3.63) is 47.9 Å². The number of nitrogens with one attached hydrogen (secondary N) is 1. The molecule has 158 valence electrons. The average Bonchev–Trinajstić information content (AvgIpc) is 3.09. The highest BCUT2D eigenvalue weighted by Crippen LogP contribution is 2.68. The van der Waals surface area contributed by atoms with E-state index in [9.17, 15) is 18.0 Å². The lowest BCUT2D eigenvalue weighted by Crippen LogP contribution is -2.37. The van der Waals surface area contributed by atoms with Crippen LogP contribution in [0.3, 0.4) is 0 Å². The number of pyridine rings is 2. The van der Waals surface area contributed by atoms with Crippen molar-refractivity contribution < 1.29 is 27.4 Å². The quantitative estimate of drug-likeness (QED) is 0.821. The molecule has 1 aliphatic carbocycles. The summed E-state index contributed by atoms with van der Waals surface area (Å²) in [5, 5.41) is 2.83. The summed E-state index contributed by atoms with van der Waals surface area (Å²) in [4.78, 5) is 21.1. The largest absolute Gasteiger partial charge is 0.481 e. The third-order valence-corrected chi connectivity index (χ3v) is 6.60. The molecule has 0 spiro atoms. The fourth-order valence-electron chi connectivity index (χ4n) is 5.24. The van der Waals surface area contributed by atoms with E-state index in [1.165, 1.54) is 19.4 Å². The Bertz CT molecular complexity index is 981. The zero-order chi connectivity index (χ0) is 21.2. The molecule has 4 heterocycles. The number of hydrogen-bond acceptors (Lipinski definition) is 5. The Balaban J connectivity index is 1.45. The van der Waals surface area contributed by atoms with E-state index < -0.39 is 23.7 Å². The lowest BCUT2D eigenvalue weighted by atomic mass is 9.76. The van der Waals surface area contributed by atoms with Gasteiger partial charge < -0.3 is 14.8 Å². The Hall–Kier alpha value is -2.68. The summed E-state index contributed by atoms with van der Waals surface area (Å²) in [5.41, 5.74) is -0.218. The van der Waals surface area contributed by atoms with Crippen LogP contribution in [-0.4, -0.2) is 35.2 Å². The van der Waals surface area contributed by atoms with Gasteiger partial charge in [-0.1, -0.05) is 13.0 Å². The normalized spacial score (nSPS) is 33.8. The topological polar surface area (TPSA) is 73.3 Å². The lowest BCUT2D eigenvalue weighted by Gasteiger charge is -2.26. The molecule has 3 aliphatic rings. The van der Waals surface area contributed by atoms with E-state index in [0.29, 0.717) is 17.5 Å². The minimum absolute atomic E-state index is 0.253. The fraction of sp³-hybridized carbons (Fsp3) is 0.476. The molecule has 1 amide bonds. The van der Waals surface area contributed by atoms with E-state index in [0.717, 1.165) is 6.07 Å². The standard InChI is InChI=1S/C21H20F3N3O3/c1-9-14-15(9)19-17(20(28)26-10-6-7-13(29-2)25-8-10)16(18(14)30-19)11-4-3-5-12(27-11)21(22,23)24/h3-9,14-19H,1-2H3,(H,26,28)/t9-,14?,15?,16-,17-,18+,19-/m1/s1. The van der Waals surface area contributed by atoms with Crippen molar-refractivity contribution >= 4 is 11.6 Å². The van der Waals surface area contributed by atoms with Crippen LogP contribution in [0.2, 0.25) is 0 Å². The van der Waals surface area contributed by atoms with Gasteiger partial charge in [-0.15, -0.1) is 0 Å². The molecule has 6 nitrogen and oxygen atoms in total. The van der Waals surface area contributed by atoms with Crippen LogP contribution in [0.5, 0.6) is 5.88 Å². The number of methoxy groups -OCH3 is 1. The first kappa shape index (κ1) is 19.3. The molecule has 3 fully saturated rings. The van der Waals surface area contributed by atoms with Gasteiger partial charge in [0, 0.05) is 17.7 Å². The maximum Gasteiger partial charge on any atom is 0.433 e. The average molecular weight is 419 g/mol. The van der Waals surface area contributed by atoms with Crippen LogP contribution < -0.4 is 10.1 Å². The molecular formula is C21H20F3N3O3. The molecule has 2 unspecified atom stereocenters. The van der Waals surface area contributed by atoms with E-state index in [4.69, 9.17) is 9.47 Å². The van der Waals surface area contributed by atoms with E-state index in [2.05, 4.69) is 22.2 Å². The number of nitrogens with zero attached hydrogens (tertiary/aromatic N) is 2. The van der Waals surface area contributed by atoms with E-state index in [1.54, 1.807) is 18.2 Å². The van der Waals surface area contributed by atoms with Gasteiger partial charge in [0.1, 0.15) is 5.69 Å². The second kappa shape index (κ2) is 6.66. The first-order chi connectivity index (χ1) is 14.3. The number of rotatable bonds is 4. The molecule has 2 aromatic rings. The van der Waals surface area contributed by atoms with Crippen molar-refractivity contribution in [2.24, 2.45) is 23.7 Å². The van der Waals surface area contributed by atoms with Crippen LogP contribution in [0.25, 0.3) is 0 Å². The summed E-state index contributed by atoms with van der Waals surface area (Å²) in [6.45, 7) is 2.10. The molecule has 0 aromatic carbocycles. The van der Waals surface area contributed by atoms with Crippen molar-refractivity contribution in [3.63, 3.8) is 0 Å². The summed E-state index contributed by atoms with van der Waals surface area (Å²) < 4.78 is 50.7. The summed E-state index contributed by atoms with van der Waals surface area (Å²) in [6, 6.07) is 7.13.